The Balaban J connectivity index is 1.21. The first kappa shape index (κ1) is 25.6. The Kier molecular flexibility index (Phi) is 6.71. The van der Waals surface area contributed by atoms with Crippen molar-refractivity contribution in [1.29, 1.82) is 0 Å². The molecule has 2 aromatic heterocycles. The van der Waals surface area contributed by atoms with Crippen molar-refractivity contribution in [2.24, 2.45) is 5.73 Å². The van der Waals surface area contributed by atoms with E-state index in [4.69, 9.17) is 10.5 Å². The fourth-order valence-electron chi connectivity index (χ4n) is 4.76. The van der Waals surface area contributed by atoms with Crippen molar-refractivity contribution < 1.29 is 26.3 Å². The molecule has 2 fully saturated rings. The van der Waals surface area contributed by atoms with Crippen LogP contribution in [0.1, 0.15) is 36.9 Å². The molecule has 1 aliphatic carbocycles. The van der Waals surface area contributed by atoms with Gasteiger partial charge in [-0.1, -0.05) is 12.1 Å². The Labute approximate surface area is 213 Å². The number of benzene rings is 1. The quantitative estimate of drug-likeness (QED) is 0.480. The van der Waals surface area contributed by atoms with Gasteiger partial charge < -0.3 is 15.8 Å². The number of aromatic nitrogens is 2. The van der Waals surface area contributed by atoms with Crippen molar-refractivity contribution in [3.8, 4) is 11.1 Å². The molecule has 0 spiro atoms. The topological polar surface area (TPSA) is 107 Å². The average Bonchev–Trinajstić information content (AvgIpc) is 2.87. The molecule has 0 radical (unpaired) electrons. The van der Waals surface area contributed by atoms with Gasteiger partial charge in [0.25, 0.3) is 0 Å². The van der Waals surface area contributed by atoms with E-state index in [2.05, 4.69) is 15.3 Å². The van der Waals surface area contributed by atoms with Crippen LogP contribution >= 0.6 is 0 Å². The number of sulfone groups is 1. The van der Waals surface area contributed by atoms with Crippen LogP contribution in [0.25, 0.3) is 11.1 Å². The standard InChI is InChI=1S/C26H27F3N4O3S/c27-26(28,29)19-3-10-24(32-14-19)33-20-4-8-22(9-5-20)37(34,35)21-6-1-17(2-7-21)18-11-12-31-23(13-18)25(30)15-36-16-25/h1-3,6-7,10-14,20,22H,4-5,8-9,15-16,30H2,(H,32,33). The first-order valence-electron chi connectivity index (χ1n) is 12.0. The second-order valence-electron chi connectivity index (χ2n) is 9.70. The van der Waals surface area contributed by atoms with E-state index in [0.717, 1.165) is 29.1 Å². The van der Waals surface area contributed by atoms with Crippen LogP contribution < -0.4 is 11.1 Å². The molecule has 7 nitrogen and oxygen atoms in total. The summed E-state index contributed by atoms with van der Waals surface area (Å²) in [6, 6.07) is 12.8. The predicted molar refractivity (Wildman–Crippen MR) is 132 cm³/mol. The van der Waals surface area contributed by atoms with E-state index in [-0.39, 0.29) is 10.9 Å². The Morgan fingerprint density at radius 1 is 0.946 bits per heavy atom. The van der Waals surface area contributed by atoms with E-state index < -0.39 is 32.4 Å². The van der Waals surface area contributed by atoms with Crippen LogP contribution in [0.5, 0.6) is 0 Å². The van der Waals surface area contributed by atoms with E-state index in [1.807, 2.05) is 12.1 Å². The van der Waals surface area contributed by atoms with Crippen LogP contribution in [0, 0.1) is 0 Å². The number of nitrogens with two attached hydrogens (primary N) is 1. The smallest absolute Gasteiger partial charge is 0.377 e. The number of alkyl halides is 3. The molecule has 0 bridgehead atoms. The van der Waals surface area contributed by atoms with Crippen molar-refractivity contribution in [3.63, 3.8) is 0 Å². The van der Waals surface area contributed by atoms with Gasteiger partial charge in [-0.05, 0) is 73.2 Å². The number of nitrogens with zero attached hydrogens (tertiary/aromatic N) is 2. The number of hydrogen-bond donors (Lipinski definition) is 2. The molecule has 1 aliphatic heterocycles. The lowest BCUT2D eigenvalue weighted by Gasteiger charge is -2.37. The molecule has 37 heavy (non-hydrogen) atoms. The van der Waals surface area contributed by atoms with Crippen molar-refractivity contribution in [2.45, 2.75) is 53.6 Å². The summed E-state index contributed by atoms with van der Waals surface area (Å²) in [7, 11) is -3.52. The van der Waals surface area contributed by atoms with E-state index in [9.17, 15) is 21.6 Å². The van der Waals surface area contributed by atoms with Gasteiger partial charge in [-0.25, -0.2) is 13.4 Å². The number of pyridine rings is 2. The lowest BCUT2D eigenvalue weighted by Crippen LogP contribution is -2.54. The van der Waals surface area contributed by atoms with E-state index in [1.165, 1.54) is 6.07 Å². The molecule has 3 aromatic rings. The van der Waals surface area contributed by atoms with Crippen LogP contribution in [-0.2, 0) is 26.3 Å². The molecule has 0 unspecified atom stereocenters. The molecule has 2 aliphatic rings. The average molecular weight is 533 g/mol. The molecule has 1 saturated carbocycles. The third kappa shape index (κ3) is 5.34. The molecule has 5 rings (SSSR count). The summed E-state index contributed by atoms with van der Waals surface area (Å²) in [6.45, 7) is 0.832. The maximum absolute atomic E-state index is 13.3. The largest absolute Gasteiger partial charge is 0.417 e. The number of ether oxygens (including phenoxy) is 1. The zero-order chi connectivity index (χ0) is 26.3. The van der Waals surface area contributed by atoms with Crippen molar-refractivity contribution in [1.82, 2.24) is 9.97 Å². The van der Waals surface area contributed by atoms with Gasteiger partial charge in [0.2, 0.25) is 0 Å². The lowest BCUT2D eigenvalue weighted by atomic mass is 9.92. The van der Waals surface area contributed by atoms with Crippen LogP contribution in [0.2, 0.25) is 0 Å². The van der Waals surface area contributed by atoms with Crippen molar-refractivity contribution in [2.75, 3.05) is 18.5 Å². The highest BCUT2D eigenvalue weighted by atomic mass is 32.2. The molecular formula is C26H27F3N4O3S. The summed E-state index contributed by atoms with van der Waals surface area (Å²) in [5.74, 6) is 0.347. The van der Waals surface area contributed by atoms with Gasteiger partial charge in [0.05, 0.1) is 34.6 Å². The zero-order valence-corrected chi connectivity index (χ0v) is 20.7. The normalized spacial score (nSPS) is 21.7. The molecule has 11 heteroatoms. The van der Waals surface area contributed by atoms with Crippen LogP contribution in [0.4, 0.5) is 19.0 Å². The zero-order valence-electron chi connectivity index (χ0n) is 19.9. The monoisotopic (exact) mass is 532 g/mol. The summed E-state index contributed by atoms with van der Waals surface area (Å²) < 4.78 is 70.0. The predicted octanol–water partition coefficient (Wildman–Crippen LogP) is 4.54. The van der Waals surface area contributed by atoms with E-state index in [0.29, 0.717) is 44.7 Å². The number of hydrogen-bond acceptors (Lipinski definition) is 7. The van der Waals surface area contributed by atoms with Gasteiger partial charge in [-0.2, -0.15) is 13.2 Å². The fraction of sp³-hybridized carbons (Fsp3) is 0.385. The Hall–Kier alpha value is -3.02. The summed E-state index contributed by atoms with van der Waals surface area (Å²) >= 11 is 0. The molecule has 0 amide bonds. The molecule has 1 aromatic carbocycles. The van der Waals surface area contributed by atoms with Crippen LogP contribution in [0.3, 0.4) is 0 Å². The van der Waals surface area contributed by atoms with E-state index >= 15 is 0 Å². The highest BCUT2D eigenvalue weighted by Gasteiger charge is 2.38. The van der Waals surface area contributed by atoms with E-state index in [1.54, 1.807) is 30.5 Å². The molecule has 0 atom stereocenters. The van der Waals surface area contributed by atoms with Gasteiger partial charge in [0.1, 0.15) is 11.4 Å². The summed E-state index contributed by atoms with van der Waals surface area (Å²) in [4.78, 5) is 8.49. The minimum absolute atomic E-state index is 0.0501. The van der Waals surface area contributed by atoms with Gasteiger partial charge in [-0.15, -0.1) is 0 Å². The lowest BCUT2D eigenvalue weighted by molar-refractivity contribution is -0.137. The summed E-state index contributed by atoms with van der Waals surface area (Å²) in [5, 5.41) is 2.61. The molecule has 3 heterocycles. The summed E-state index contributed by atoms with van der Waals surface area (Å²) in [6.07, 6.45) is 0.118. The van der Waals surface area contributed by atoms with Gasteiger partial charge >= 0.3 is 6.18 Å². The maximum atomic E-state index is 13.3. The van der Waals surface area contributed by atoms with Gasteiger partial charge in [0.15, 0.2) is 9.84 Å². The molecule has 196 valence electrons. The second kappa shape index (κ2) is 9.70. The summed E-state index contributed by atoms with van der Waals surface area (Å²) in [5.41, 5.74) is 7.40. The minimum atomic E-state index is -4.43. The first-order valence-corrected chi connectivity index (χ1v) is 13.6. The molecule has 3 N–H and O–H groups in total. The molecular weight excluding hydrogens is 505 g/mol. The van der Waals surface area contributed by atoms with Crippen LogP contribution in [-0.4, -0.2) is 42.9 Å². The van der Waals surface area contributed by atoms with Crippen molar-refractivity contribution >= 4 is 15.7 Å². The van der Waals surface area contributed by atoms with Crippen molar-refractivity contribution in [3.05, 3.63) is 72.2 Å². The first-order chi connectivity index (χ1) is 17.5. The minimum Gasteiger partial charge on any atom is -0.377 e. The maximum Gasteiger partial charge on any atom is 0.417 e. The second-order valence-corrected chi connectivity index (χ2v) is 11.9. The number of halogens is 3. The highest BCUT2D eigenvalue weighted by Crippen LogP contribution is 2.33. The number of rotatable bonds is 6. The Bertz CT molecular complexity index is 1350. The van der Waals surface area contributed by atoms with Crippen LogP contribution in [0.15, 0.2) is 65.8 Å². The Morgan fingerprint density at radius 3 is 2.22 bits per heavy atom. The van der Waals surface area contributed by atoms with Gasteiger partial charge in [0, 0.05) is 18.4 Å². The number of nitrogens with one attached hydrogen (secondary N) is 1. The van der Waals surface area contributed by atoms with Gasteiger partial charge in [-0.3, -0.25) is 4.98 Å². The molecule has 1 saturated heterocycles. The highest BCUT2D eigenvalue weighted by molar-refractivity contribution is 7.92. The SMILES string of the molecule is NC1(c2cc(-c3ccc(S(=O)(=O)C4CCC(Nc5ccc(C(F)(F)F)cn5)CC4)cc3)ccn2)COC1. The Morgan fingerprint density at radius 2 is 1.65 bits per heavy atom. The fourth-order valence-corrected chi connectivity index (χ4v) is 6.55. The number of anilines is 1. The third-order valence-corrected chi connectivity index (χ3v) is 9.34. The third-order valence-electron chi connectivity index (χ3n) is 7.06.